The van der Waals surface area contributed by atoms with E-state index in [0.717, 1.165) is 19.1 Å². The molecule has 0 radical (unpaired) electrons. The highest BCUT2D eigenvalue weighted by atomic mass is 16.1. The molecule has 0 bridgehead atoms. The summed E-state index contributed by atoms with van der Waals surface area (Å²) >= 11 is 0. The molecule has 0 aromatic carbocycles. The van der Waals surface area contributed by atoms with Crippen molar-refractivity contribution in [2.24, 2.45) is 5.92 Å². The van der Waals surface area contributed by atoms with Gasteiger partial charge < -0.3 is 5.32 Å². The van der Waals surface area contributed by atoms with Gasteiger partial charge in [-0.15, -0.1) is 0 Å². The van der Waals surface area contributed by atoms with Crippen molar-refractivity contribution in [3.05, 3.63) is 28.9 Å². The van der Waals surface area contributed by atoms with Gasteiger partial charge in [-0.1, -0.05) is 6.92 Å². The fourth-order valence-corrected chi connectivity index (χ4v) is 1.58. The van der Waals surface area contributed by atoms with Crippen LogP contribution in [0.1, 0.15) is 19.8 Å². The Hall–Kier alpha value is -1.16. The Morgan fingerprint density at radius 1 is 1.67 bits per heavy atom. The van der Waals surface area contributed by atoms with Crippen LogP contribution >= 0.6 is 0 Å². The van der Waals surface area contributed by atoms with Crippen molar-refractivity contribution >= 4 is 0 Å². The first-order valence-electron chi connectivity index (χ1n) is 5.50. The van der Waals surface area contributed by atoms with E-state index in [0.29, 0.717) is 5.92 Å². The van der Waals surface area contributed by atoms with Crippen LogP contribution in [0.4, 0.5) is 0 Å². The second-order valence-electron chi connectivity index (χ2n) is 4.34. The molecular formula is C11H17N3O. The van der Waals surface area contributed by atoms with Crippen LogP contribution in [-0.2, 0) is 6.54 Å². The molecule has 1 aliphatic rings. The Morgan fingerprint density at radius 3 is 3.13 bits per heavy atom. The Labute approximate surface area is 89.3 Å². The lowest BCUT2D eigenvalue weighted by Crippen LogP contribution is -2.30. The molecule has 1 atom stereocenters. The van der Waals surface area contributed by atoms with Gasteiger partial charge in [-0.25, -0.2) is 9.78 Å². The van der Waals surface area contributed by atoms with Crippen molar-refractivity contribution in [3.63, 3.8) is 0 Å². The third kappa shape index (κ3) is 3.16. The van der Waals surface area contributed by atoms with E-state index in [4.69, 9.17) is 0 Å². The minimum absolute atomic E-state index is 0.157. The van der Waals surface area contributed by atoms with Crippen LogP contribution in [0.3, 0.4) is 0 Å². The van der Waals surface area contributed by atoms with Gasteiger partial charge in [0.25, 0.3) is 0 Å². The molecule has 1 unspecified atom stereocenters. The summed E-state index contributed by atoms with van der Waals surface area (Å²) in [5.74, 6) is 0.465. The molecule has 1 aromatic heterocycles. The van der Waals surface area contributed by atoms with E-state index >= 15 is 0 Å². The molecule has 1 aliphatic carbocycles. The summed E-state index contributed by atoms with van der Waals surface area (Å²) in [7, 11) is 0. The number of aromatic nitrogens is 2. The second-order valence-corrected chi connectivity index (χ2v) is 4.34. The monoisotopic (exact) mass is 207 g/mol. The van der Waals surface area contributed by atoms with E-state index in [1.54, 1.807) is 16.8 Å². The first-order valence-corrected chi connectivity index (χ1v) is 5.50. The summed E-state index contributed by atoms with van der Waals surface area (Å²) in [6.45, 7) is 3.87. The highest BCUT2D eigenvalue weighted by Crippen LogP contribution is 2.18. The van der Waals surface area contributed by atoms with Gasteiger partial charge in [-0.05, 0) is 31.4 Å². The molecule has 4 nitrogen and oxygen atoms in total. The predicted octanol–water partition coefficient (Wildman–Crippen LogP) is 0.631. The van der Waals surface area contributed by atoms with Crippen LogP contribution in [0.25, 0.3) is 0 Å². The number of nitrogens with zero attached hydrogens (tertiary/aromatic N) is 2. The Bertz CT molecular complexity index is 370. The van der Waals surface area contributed by atoms with Crippen LogP contribution in [0.5, 0.6) is 0 Å². The highest BCUT2D eigenvalue weighted by molar-refractivity contribution is 4.83. The zero-order valence-corrected chi connectivity index (χ0v) is 9.02. The Balaban J connectivity index is 1.84. The van der Waals surface area contributed by atoms with E-state index < -0.39 is 0 Å². The molecule has 15 heavy (non-hydrogen) atoms. The molecule has 0 amide bonds. The summed E-state index contributed by atoms with van der Waals surface area (Å²) < 4.78 is 1.67. The van der Waals surface area contributed by atoms with Crippen molar-refractivity contribution in [2.45, 2.75) is 32.4 Å². The molecule has 0 saturated heterocycles. The maximum absolute atomic E-state index is 11.3. The fourth-order valence-electron chi connectivity index (χ4n) is 1.58. The molecule has 0 spiro atoms. The third-order valence-electron chi connectivity index (χ3n) is 2.62. The fraction of sp³-hybridized carbons (Fsp3) is 0.636. The molecule has 1 fully saturated rings. The standard InChI is InChI=1S/C11H17N3O/c1-9(7-13-10-3-4-10)8-14-6-2-5-12-11(14)15/h2,5-6,9-10,13H,3-4,7-8H2,1H3. The van der Waals surface area contributed by atoms with Gasteiger partial charge in [0, 0.05) is 25.0 Å². The number of hydrogen-bond donors (Lipinski definition) is 1. The molecule has 0 aliphatic heterocycles. The topological polar surface area (TPSA) is 46.9 Å². The average Bonchev–Trinajstić information content (AvgIpc) is 3.02. The lowest BCUT2D eigenvalue weighted by Gasteiger charge is -2.13. The van der Waals surface area contributed by atoms with Crippen LogP contribution in [0.15, 0.2) is 23.3 Å². The lowest BCUT2D eigenvalue weighted by molar-refractivity contribution is 0.433. The zero-order chi connectivity index (χ0) is 10.7. The van der Waals surface area contributed by atoms with Crippen molar-refractivity contribution in [3.8, 4) is 0 Å². The largest absolute Gasteiger partial charge is 0.347 e. The minimum atomic E-state index is -0.157. The van der Waals surface area contributed by atoms with Gasteiger partial charge >= 0.3 is 5.69 Å². The van der Waals surface area contributed by atoms with Crippen molar-refractivity contribution in [1.82, 2.24) is 14.9 Å². The van der Waals surface area contributed by atoms with E-state index in [9.17, 15) is 4.79 Å². The summed E-state index contributed by atoms with van der Waals surface area (Å²) in [5.41, 5.74) is -0.157. The maximum Gasteiger partial charge on any atom is 0.347 e. The summed E-state index contributed by atoms with van der Waals surface area (Å²) in [4.78, 5) is 15.1. The first-order chi connectivity index (χ1) is 7.25. The lowest BCUT2D eigenvalue weighted by atomic mass is 10.2. The SMILES string of the molecule is CC(CNC1CC1)Cn1cccnc1=O. The smallest absolute Gasteiger partial charge is 0.314 e. The predicted molar refractivity (Wildman–Crippen MR) is 58.7 cm³/mol. The Kier molecular flexibility index (Phi) is 3.16. The average molecular weight is 207 g/mol. The van der Waals surface area contributed by atoms with Gasteiger partial charge in [0.15, 0.2) is 0 Å². The third-order valence-corrected chi connectivity index (χ3v) is 2.62. The Morgan fingerprint density at radius 2 is 2.47 bits per heavy atom. The summed E-state index contributed by atoms with van der Waals surface area (Å²) in [6.07, 6.45) is 5.94. The van der Waals surface area contributed by atoms with Crippen molar-refractivity contribution < 1.29 is 0 Å². The van der Waals surface area contributed by atoms with E-state index in [1.165, 1.54) is 19.0 Å². The molecule has 1 saturated carbocycles. The van der Waals surface area contributed by atoms with Gasteiger partial charge in [0.05, 0.1) is 0 Å². The van der Waals surface area contributed by atoms with Crippen molar-refractivity contribution in [1.29, 1.82) is 0 Å². The van der Waals surface area contributed by atoms with Crippen LogP contribution in [0.2, 0.25) is 0 Å². The zero-order valence-electron chi connectivity index (χ0n) is 9.02. The van der Waals surface area contributed by atoms with E-state index in [1.807, 2.05) is 0 Å². The minimum Gasteiger partial charge on any atom is -0.314 e. The van der Waals surface area contributed by atoms with Crippen LogP contribution in [0, 0.1) is 5.92 Å². The normalized spacial score (nSPS) is 17.7. The second kappa shape index (κ2) is 4.57. The molecule has 1 N–H and O–H groups in total. The highest BCUT2D eigenvalue weighted by Gasteiger charge is 2.20. The number of rotatable bonds is 5. The quantitative estimate of drug-likeness (QED) is 0.770. The summed E-state index contributed by atoms with van der Waals surface area (Å²) in [5, 5.41) is 3.46. The molecular weight excluding hydrogens is 190 g/mol. The van der Waals surface area contributed by atoms with Crippen LogP contribution < -0.4 is 11.0 Å². The summed E-state index contributed by atoms with van der Waals surface area (Å²) in [6, 6.07) is 2.53. The van der Waals surface area contributed by atoms with Gasteiger partial charge in [-0.2, -0.15) is 0 Å². The molecule has 2 rings (SSSR count). The maximum atomic E-state index is 11.3. The van der Waals surface area contributed by atoms with Crippen LogP contribution in [-0.4, -0.2) is 22.1 Å². The van der Waals surface area contributed by atoms with Crippen molar-refractivity contribution in [2.75, 3.05) is 6.54 Å². The first kappa shape index (κ1) is 10.4. The van der Waals surface area contributed by atoms with Gasteiger partial charge in [0.2, 0.25) is 0 Å². The number of nitrogens with one attached hydrogen (secondary N) is 1. The van der Waals surface area contributed by atoms with E-state index in [-0.39, 0.29) is 5.69 Å². The molecule has 1 aromatic rings. The van der Waals surface area contributed by atoms with E-state index in [2.05, 4.69) is 17.2 Å². The van der Waals surface area contributed by atoms with Gasteiger partial charge in [0.1, 0.15) is 0 Å². The molecule has 4 heteroatoms. The molecule has 1 heterocycles. The molecule has 82 valence electrons. The number of hydrogen-bond acceptors (Lipinski definition) is 3. The van der Waals surface area contributed by atoms with Gasteiger partial charge in [-0.3, -0.25) is 4.57 Å².